The van der Waals surface area contributed by atoms with Gasteiger partial charge in [0.25, 0.3) is 11.8 Å². The molecule has 9 nitrogen and oxygen atoms in total. The fraction of sp³-hybridized carbons (Fsp3) is 0.200. The van der Waals surface area contributed by atoms with Crippen LogP contribution in [0.3, 0.4) is 0 Å². The minimum Gasteiger partial charge on any atom is -0.435 e. The molecule has 0 saturated carbocycles. The number of amides is 2. The second-order valence-corrected chi connectivity index (χ2v) is 8.02. The summed E-state index contributed by atoms with van der Waals surface area (Å²) in [6.45, 7) is 3.83. The number of carbonyl (C=O) groups excluding carboxylic acids is 2. The normalized spacial score (nSPS) is 10.8. The number of H-pyrrole nitrogens is 1. The monoisotopic (exact) mass is 494 g/mol. The van der Waals surface area contributed by atoms with Crippen LogP contribution in [0.4, 0.5) is 20.3 Å². The van der Waals surface area contributed by atoms with Crippen molar-refractivity contribution in [1.82, 2.24) is 25.2 Å². The summed E-state index contributed by atoms with van der Waals surface area (Å²) >= 11 is 0. The average Bonchev–Trinajstić information content (AvgIpc) is 3.29. The van der Waals surface area contributed by atoms with Crippen molar-refractivity contribution in [3.63, 3.8) is 0 Å². The number of hydrogen-bond donors (Lipinski definition) is 3. The highest BCUT2D eigenvalue weighted by atomic mass is 19.1. The van der Waals surface area contributed by atoms with E-state index in [-0.39, 0.29) is 34.1 Å². The minimum absolute atomic E-state index is 0.0182. The topological polar surface area (TPSA) is 112 Å². The molecule has 0 aliphatic rings. The number of anilines is 2. The third-order valence-electron chi connectivity index (χ3n) is 5.59. The predicted octanol–water partition coefficient (Wildman–Crippen LogP) is 4.53. The first-order valence-corrected chi connectivity index (χ1v) is 11.1. The first kappa shape index (κ1) is 24.6. The molecule has 36 heavy (non-hydrogen) atoms. The van der Waals surface area contributed by atoms with Gasteiger partial charge >= 0.3 is 0 Å². The molecule has 3 N–H and O–H groups in total. The van der Waals surface area contributed by atoms with Crippen LogP contribution in [-0.2, 0) is 0 Å². The van der Waals surface area contributed by atoms with E-state index in [0.717, 1.165) is 12.4 Å². The Hall–Kier alpha value is -4.54. The number of nitrogens with one attached hydrogen (secondary N) is 3. The van der Waals surface area contributed by atoms with Crippen LogP contribution in [0.2, 0.25) is 0 Å². The van der Waals surface area contributed by atoms with Crippen LogP contribution in [0.5, 0.6) is 11.6 Å². The number of benzene rings is 2. The number of aryl methyl sites for hydroxylation is 1. The zero-order chi connectivity index (χ0) is 26.0. The van der Waals surface area contributed by atoms with Crippen LogP contribution >= 0.6 is 0 Å². The van der Waals surface area contributed by atoms with Crippen molar-refractivity contribution in [2.45, 2.75) is 13.8 Å². The zero-order valence-corrected chi connectivity index (χ0v) is 20.1. The largest absolute Gasteiger partial charge is 0.435 e. The summed E-state index contributed by atoms with van der Waals surface area (Å²) in [7, 11) is 3.11. The quantitative estimate of drug-likeness (QED) is 0.348. The molecule has 4 aromatic rings. The molecule has 2 aromatic heterocycles. The number of halogens is 2. The number of aromatic amines is 1. The number of carbonyl (C=O) groups is 2. The van der Waals surface area contributed by atoms with Crippen LogP contribution in [-0.4, -0.2) is 52.3 Å². The second kappa shape index (κ2) is 9.98. The molecule has 0 atom stereocenters. The molecule has 186 valence electrons. The zero-order valence-electron chi connectivity index (χ0n) is 20.1. The maximum atomic E-state index is 15.2. The molecule has 0 unspecified atom stereocenters. The maximum Gasteiger partial charge on any atom is 0.262 e. The maximum absolute atomic E-state index is 15.2. The van der Waals surface area contributed by atoms with Crippen molar-refractivity contribution in [2.24, 2.45) is 0 Å². The number of nitrogens with zero attached hydrogens (tertiary/aromatic N) is 3. The molecule has 0 fully saturated rings. The van der Waals surface area contributed by atoms with Gasteiger partial charge in [0.15, 0.2) is 23.2 Å². The standard InChI is InChI=1S/C25H24F2N6O3/c1-5-33(4)25(35)19-22(32-15-8-6-14(7-9-15)23(34)28-3)29-12-30-24(19)36-18-11-17(26)21-16(20(18)27)10-13(2)31-21/h6-12,31H,5H2,1-4H3,(H,28,34)(H,29,30,32). The Morgan fingerprint density at radius 2 is 1.86 bits per heavy atom. The number of aromatic nitrogens is 3. The van der Waals surface area contributed by atoms with Crippen LogP contribution in [0.15, 0.2) is 42.7 Å². The lowest BCUT2D eigenvalue weighted by atomic mass is 10.2. The summed E-state index contributed by atoms with van der Waals surface area (Å²) in [6.07, 6.45) is 1.15. The Kier molecular flexibility index (Phi) is 6.82. The van der Waals surface area contributed by atoms with Gasteiger partial charge in [-0.1, -0.05) is 0 Å². The molecule has 0 bridgehead atoms. The number of hydrogen-bond acceptors (Lipinski definition) is 6. The predicted molar refractivity (Wildman–Crippen MR) is 131 cm³/mol. The molecule has 2 amide bonds. The lowest BCUT2D eigenvalue weighted by molar-refractivity contribution is 0.0799. The summed E-state index contributed by atoms with van der Waals surface area (Å²) in [5.74, 6) is -2.82. The Balaban J connectivity index is 1.76. The fourth-order valence-corrected chi connectivity index (χ4v) is 3.57. The summed E-state index contributed by atoms with van der Waals surface area (Å²) < 4.78 is 35.5. The summed E-state index contributed by atoms with van der Waals surface area (Å²) in [5.41, 5.74) is 1.51. The summed E-state index contributed by atoms with van der Waals surface area (Å²) in [5, 5.41) is 5.58. The van der Waals surface area contributed by atoms with Crippen molar-refractivity contribution >= 4 is 34.2 Å². The van der Waals surface area contributed by atoms with Crippen LogP contribution in [0.25, 0.3) is 10.9 Å². The van der Waals surface area contributed by atoms with Gasteiger partial charge in [-0.3, -0.25) is 9.59 Å². The lowest BCUT2D eigenvalue weighted by Crippen LogP contribution is -2.28. The molecule has 0 saturated heterocycles. The van der Waals surface area contributed by atoms with Crippen LogP contribution in [0.1, 0.15) is 33.3 Å². The molecular weight excluding hydrogens is 470 g/mol. The second-order valence-electron chi connectivity index (χ2n) is 8.02. The van der Waals surface area contributed by atoms with E-state index in [1.54, 1.807) is 45.2 Å². The Bertz CT molecular complexity index is 1450. The molecular formula is C25H24F2N6O3. The fourth-order valence-electron chi connectivity index (χ4n) is 3.57. The van der Waals surface area contributed by atoms with Gasteiger partial charge < -0.3 is 25.3 Å². The highest BCUT2D eigenvalue weighted by molar-refractivity contribution is 6.01. The van der Waals surface area contributed by atoms with Gasteiger partial charge in [-0.25, -0.2) is 18.7 Å². The van der Waals surface area contributed by atoms with Crippen LogP contribution < -0.4 is 15.4 Å². The van der Waals surface area contributed by atoms with E-state index in [9.17, 15) is 14.0 Å². The Morgan fingerprint density at radius 3 is 2.53 bits per heavy atom. The van der Waals surface area contributed by atoms with Gasteiger partial charge in [0.1, 0.15) is 11.9 Å². The third-order valence-corrected chi connectivity index (χ3v) is 5.59. The van der Waals surface area contributed by atoms with Gasteiger partial charge in [0.05, 0.1) is 5.52 Å². The van der Waals surface area contributed by atoms with Crippen LogP contribution in [0, 0.1) is 18.6 Å². The van der Waals surface area contributed by atoms with Crippen molar-refractivity contribution in [2.75, 3.05) is 26.0 Å². The van der Waals surface area contributed by atoms with E-state index in [4.69, 9.17) is 4.74 Å². The Labute approximate surface area is 205 Å². The first-order chi connectivity index (χ1) is 17.2. The van der Waals surface area contributed by atoms with Gasteiger partial charge in [-0.2, -0.15) is 0 Å². The SMILES string of the molecule is CCN(C)C(=O)c1c(Nc2ccc(C(=O)NC)cc2)ncnc1Oc1cc(F)c2[nH]c(C)cc2c1F. The van der Waals surface area contributed by atoms with E-state index in [2.05, 4.69) is 25.6 Å². The lowest BCUT2D eigenvalue weighted by Gasteiger charge is -2.19. The molecule has 2 aromatic carbocycles. The molecule has 11 heteroatoms. The smallest absolute Gasteiger partial charge is 0.262 e. The van der Waals surface area contributed by atoms with Gasteiger partial charge in [-0.15, -0.1) is 0 Å². The number of fused-ring (bicyclic) bond motifs is 1. The number of ether oxygens (including phenoxy) is 1. The average molecular weight is 495 g/mol. The van der Waals surface area contributed by atoms with E-state index >= 15 is 4.39 Å². The van der Waals surface area contributed by atoms with E-state index < -0.39 is 23.3 Å². The van der Waals surface area contributed by atoms with Crippen molar-refractivity contribution in [1.29, 1.82) is 0 Å². The highest BCUT2D eigenvalue weighted by Gasteiger charge is 2.26. The first-order valence-electron chi connectivity index (χ1n) is 11.1. The van der Waals surface area contributed by atoms with E-state index in [1.807, 2.05) is 0 Å². The van der Waals surface area contributed by atoms with Crippen molar-refractivity contribution < 1.29 is 23.1 Å². The van der Waals surface area contributed by atoms with Crippen molar-refractivity contribution in [3.05, 3.63) is 71.2 Å². The van der Waals surface area contributed by atoms with E-state index in [1.165, 1.54) is 18.0 Å². The molecule has 0 aliphatic heterocycles. The molecule has 4 rings (SSSR count). The van der Waals surface area contributed by atoms with Gasteiger partial charge in [0, 0.05) is 49.0 Å². The minimum atomic E-state index is -0.795. The molecule has 0 spiro atoms. The van der Waals surface area contributed by atoms with Gasteiger partial charge in [0.2, 0.25) is 5.88 Å². The highest BCUT2D eigenvalue weighted by Crippen LogP contribution is 2.35. The summed E-state index contributed by atoms with van der Waals surface area (Å²) in [6, 6.07) is 8.85. The third kappa shape index (κ3) is 4.67. The molecule has 2 heterocycles. The van der Waals surface area contributed by atoms with Gasteiger partial charge in [-0.05, 0) is 44.2 Å². The Morgan fingerprint density at radius 1 is 1.14 bits per heavy atom. The van der Waals surface area contributed by atoms with Crippen molar-refractivity contribution in [3.8, 4) is 11.6 Å². The summed E-state index contributed by atoms with van der Waals surface area (Å²) in [4.78, 5) is 37.5. The number of rotatable bonds is 7. The molecule has 0 aliphatic carbocycles. The van der Waals surface area contributed by atoms with E-state index in [0.29, 0.717) is 23.5 Å². The molecule has 0 radical (unpaired) electrons.